The molecule has 21 heavy (non-hydrogen) atoms. The second kappa shape index (κ2) is 6.13. The first-order valence-electron chi connectivity index (χ1n) is 7.27. The fourth-order valence-electron chi connectivity index (χ4n) is 3.13. The van der Waals surface area contributed by atoms with Gasteiger partial charge in [-0.05, 0) is 30.7 Å². The van der Waals surface area contributed by atoms with Crippen molar-refractivity contribution in [2.75, 3.05) is 25.0 Å². The number of rotatable bonds is 4. The monoisotopic (exact) mass is 308 g/mol. The van der Waals surface area contributed by atoms with E-state index in [2.05, 4.69) is 15.5 Å². The van der Waals surface area contributed by atoms with Crippen LogP contribution in [0.25, 0.3) is 0 Å². The van der Waals surface area contributed by atoms with Crippen LogP contribution in [-0.4, -0.2) is 48.4 Å². The van der Waals surface area contributed by atoms with Gasteiger partial charge >= 0.3 is 0 Å². The summed E-state index contributed by atoms with van der Waals surface area (Å²) in [6.45, 7) is 2.22. The number of likely N-dealkylation sites (tertiary alicyclic amines) is 1. The summed E-state index contributed by atoms with van der Waals surface area (Å²) >= 11 is 1.32. The molecule has 4 N–H and O–H groups in total. The third-order valence-electron chi connectivity index (χ3n) is 4.16. The molecular formula is C14H20N4O2S. The summed E-state index contributed by atoms with van der Waals surface area (Å²) in [5.41, 5.74) is 5.66. The van der Waals surface area contributed by atoms with Crippen molar-refractivity contribution >= 4 is 28.2 Å². The van der Waals surface area contributed by atoms with E-state index in [1.165, 1.54) is 24.2 Å². The highest BCUT2D eigenvalue weighted by atomic mass is 32.1. The van der Waals surface area contributed by atoms with E-state index in [4.69, 9.17) is 5.73 Å². The molecule has 3 rings (SSSR count). The number of fused-ring (bicyclic) bond motifs is 2. The van der Waals surface area contributed by atoms with Gasteiger partial charge in [-0.2, -0.15) is 0 Å². The van der Waals surface area contributed by atoms with Crippen molar-refractivity contribution in [2.45, 2.75) is 31.3 Å². The number of carbonyl (C=O) groups excluding carboxylic acids is 2. The molecule has 6 nitrogen and oxygen atoms in total. The molecule has 2 aliphatic rings. The van der Waals surface area contributed by atoms with Crippen molar-refractivity contribution < 1.29 is 9.59 Å². The van der Waals surface area contributed by atoms with E-state index in [1.807, 2.05) is 0 Å². The number of amides is 2. The molecule has 1 aromatic heterocycles. The van der Waals surface area contributed by atoms with Gasteiger partial charge in [-0.1, -0.05) is 0 Å². The van der Waals surface area contributed by atoms with Gasteiger partial charge in [-0.15, -0.1) is 11.3 Å². The summed E-state index contributed by atoms with van der Waals surface area (Å²) in [7, 11) is 0. The maximum Gasteiger partial charge on any atom is 0.251 e. The minimum absolute atomic E-state index is 0.0854. The number of primary amides is 1. The van der Waals surface area contributed by atoms with Crippen molar-refractivity contribution in [3.8, 4) is 0 Å². The highest BCUT2D eigenvalue weighted by Gasteiger charge is 2.29. The van der Waals surface area contributed by atoms with E-state index in [-0.39, 0.29) is 5.91 Å². The molecule has 114 valence electrons. The van der Waals surface area contributed by atoms with E-state index < -0.39 is 5.91 Å². The zero-order valence-electron chi connectivity index (χ0n) is 11.8. The number of carbonyl (C=O) groups is 2. The van der Waals surface area contributed by atoms with Gasteiger partial charge in [0.05, 0.1) is 12.1 Å². The summed E-state index contributed by atoms with van der Waals surface area (Å²) in [6.07, 6.45) is 3.54. The minimum Gasteiger partial charge on any atom is -0.366 e. The molecule has 2 atom stereocenters. The highest BCUT2D eigenvalue weighted by Crippen LogP contribution is 2.23. The predicted molar refractivity (Wildman–Crippen MR) is 82.5 cm³/mol. The molecule has 2 amide bonds. The lowest BCUT2D eigenvalue weighted by Crippen LogP contribution is -2.39. The lowest BCUT2D eigenvalue weighted by molar-refractivity contribution is -0.117. The smallest absolute Gasteiger partial charge is 0.251 e. The molecule has 2 unspecified atom stereocenters. The molecule has 0 saturated carbocycles. The summed E-state index contributed by atoms with van der Waals surface area (Å²) in [5, 5.41) is 8.69. The topological polar surface area (TPSA) is 87.5 Å². The molecule has 0 spiro atoms. The van der Waals surface area contributed by atoms with Crippen LogP contribution in [-0.2, 0) is 4.79 Å². The molecule has 0 radical (unpaired) electrons. The summed E-state index contributed by atoms with van der Waals surface area (Å²) in [5.74, 6) is -0.597. The molecular weight excluding hydrogens is 288 g/mol. The van der Waals surface area contributed by atoms with E-state index >= 15 is 0 Å². The number of hydrogen-bond donors (Lipinski definition) is 3. The van der Waals surface area contributed by atoms with Gasteiger partial charge < -0.3 is 16.4 Å². The second-order valence-corrected chi connectivity index (χ2v) is 6.65. The Labute approximate surface area is 127 Å². The molecule has 0 aliphatic carbocycles. The lowest BCUT2D eigenvalue weighted by Gasteiger charge is -2.23. The Morgan fingerprint density at radius 2 is 2.19 bits per heavy atom. The van der Waals surface area contributed by atoms with Crippen LogP contribution in [0.5, 0.6) is 0 Å². The quantitative estimate of drug-likeness (QED) is 0.760. The van der Waals surface area contributed by atoms with Gasteiger partial charge in [-0.25, -0.2) is 0 Å². The third kappa shape index (κ3) is 3.42. The molecule has 2 fully saturated rings. The Morgan fingerprint density at radius 3 is 3.00 bits per heavy atom. The zero-order chi connectivity index (χ0) is 14.8. The number of nitrogens with zero attached hydrogens (tertiary/aromatic N) is 1. The Kier molecular flexibility index (Phi) is 4.23. The van der Waals surface area contributed by atoms with Crippen LogP contribution >= 0.6 is 11.3 Å². The van der Waals surface area contributed by atoms with Crippen LogP contribution < -0.4 is 16.4 Å². The van der Waals surface area contributed by atoms with Gasteiger partial charge in [0.25, 0.3) is 5.91 Å². The van der Waals surface area contributed by atoms with Gasteiger partial charge in [-0.3, -0.25) is 14.5 Å². The van der Waals surface area contributed by atoms with Gasteiger partial charge in [0.15, 0.2) is 0 Å². The van der Waals surface area contributed by atoms with E-state index in [1.54, 1.807) is 11.4 Å². The molecule has 0 aromatic carbocycles. The first-order valence-corrected chi connectivity index (χ1v) is 8.15. The lowest BCUT2D eigenvalue weighted by atomic mass is 10.1. The minimum atomic E-state index is -0.511. The molecule has 1 aromatic rings. The Balaban J connectivity index is 1.56. The molecule has 2 saturated heterocycles. The summed E-state index contributed by atoms with van der Waals surface area (Å²) < 4.78 is 0. The van der Waals surface area contributed by atoms with Crippen molar-refractivity contribution in [1.29, 1.82) is 0 Å². The van der Waals surface area contributed by atoms with Gasteiger partial charge in [0.1, 0.15) is 5.00 Å². The average Bonchev–Trinajstić information content (AvgIpc) is 2.99. The maximum atomic E-state index is 12.2. The van der Waals surface area contributed by atoms with Crippen molar-refractivity contribution in [3.05, 3.63) is 17.0 Å². The average molecular weight is 308 g/mol. The largest absolute Gasteiger partial charge is 0.366 e. The van der Waals surface area contributed by atoms with Crippen LogP contribution in [0.3, 0.4) is 0 Å². The Bertz CT molecular complexity index is 545. The van der Waals surface area contributed by atoms with Gasteiger partial charge in [0.2, 0.25) is 5.91 Å². The number of thiophene rings is 1. The maximum absolute atomic E-state index is 12.2. The van der Waals surface area contributed by atoms with Crippen molar-refractivity contribution in [3.63, 3.8) is 0 Å². The number of hydrogen-bond acceptors (Lipinski definition) is 5. The number of anilines is 1. The van der Waals surface area contributed by atoms with Crippen molar-refractivity contribution in [2.24, 2.45) is 5.73 Å². The van der Waals surface area contributed by atoms with E-state index in [0.29, 0.717) is 29.2 Å². The number of nitrogens with two attached hydrogens (primary N) is 1. The van der Waals surface area contributed by atoms with Crippen molar-refractivity contribution in [1.82, 2.24) is 10.2 Å². The van der Waals surface area contributed by atoms with Crippen LogP contribution in [0.1, 0.15) is 29.6 Å². The highest BCUT2D eigenvalue weighted by molar-refractivity contribution is 7.14. The number of nitrogens with one attached hydrogen (secondary N) is 2. The van der Waals surface area contributed by atoms with Crippen LogP contribution in [0.2, 0.25) is 0 Å². The fourth-order valence-corrected chi connectivity index (χ4v) is 3.94. The van der Waals surface area contributed by atoms with E-state index in [9.17, 15) is 9.59 Å². The second-order valence-electron chi connectivity index (χ2n) is 5.74. The summed E-state index contributed by atoms with van der Waals surface area (Å²) in [4.78, 5) is 25.6. The van der Waals surface area contributed by atoms with E-state index in [0.717, 1.165) is 19.5 Å². The molecule has 2 aliphatic heterocycles. The normalized spacial score (nSPS) is 25.5. The first-order chi connectivity index (χ1) is 10.1. The van der Waals surface area contributed by atoms with Crippen LogP contribution in [0.4, 0.5) is 5.00 Å². The molecule has 7 heteroatoms. The SMILES string of the molecule is NC(=O)c1ccsc1NC(=O)CN1CCC2CCC(C1)N2. The van der Waals surface area contributed by atoms with Gasteiger partial charge in [0, 0.05) is 25.2 Å². The fraction of sp³-hybridized carbons (Fsp3) is 0.571. The van der Waals surface area contributed by atoms with Crippen LogP contribution in [0.15, 0.2) is 11.4 Å². The summed E-state index contributed by atoms with van der Waals surface area (Å²) in [6, 6.07) is 2.76. The first kappa shape index (κ1) is 14.5. The van der Waals surface area contributed by atoms with Crippen LogP contribution in [0, 0.1) is 0 Å². The predicted octanol–water partition coefficient (Wildman–Crippen LogP) is 0.612. The molecule has 2 bridgehead atoms. The third-order valence-corrected chi connectivity index (χ3v) is 4.99. The Hall–Kier alpha value is -1.44. The Morgan fingerprint density at radius 1 is 1.38 bits per heavy atom. The molecule has 3 heterocycles. The standard InChI is InChI=1S/C14H20N4O2S/c15-13(20)11-4-6-21-14(11)17-12(19)8-18-5-3-9-1-2-10(7-18)16-9/h4,6,9-10,16H,1-3,5,7-8H2,(H2,15,20)(H,17,19). The zero-order valence-corrected chi connectivity index (χ0v) is 12.6.